The third-order valence-electron chi connectivity index (χ3n) is 5.80. The number of hydrogen-bond donors (Lipinski definition) is 1. The Balaban J connectivity index is 1.31. The van der Waals surface area contributed by atoms with Gasteiger partial charge in [-0.25, -0.2) is 13.4 Å². The molecule has 1 aliphatic rings. The molecule has 10 heteroatoms. The summed E-state index contributed by atoms with van der Waals surface area (Å²) in [5.41, 5.74) is 3.38. The van der Waals surface area contributed by atoms with Crippen LogP contribution in [0.1, 0.15) is 11.1 Å². The smallest absolute Gasteiger partial charge is 0.243 e. The van der Waals surface area contributed by atoms with Crippen LogP contribution in [0.4, 0.5) is 5.13 Å². The van der Waals surface area contributed by atoms with E-state index in [1.54, 1.807) is 13.2 Å². The van der Waals surface area contributed by atoms with Gasteiger partial charge in [-0.2, -0.15) is 4.31 Å². The average Bonchev–Trinajstić information content (AvgIpc) is 3.29. The molecule has 2 heterocycles. The molecule has 0 radical (unpaired) electrons. The van der Waals surface area contributed by atoms with Crippen LogP contribution in [0.5, 0.6) is 5.75 Å². The summed E-state index contributed by atoms with van der Waals surface area (Å²) < 4.78 is 32.9. The number of thiazole rings is 1. The number of methoxy groups -OCH3 is 1. The summed E-state index contributed by atoms with van der Waals surface area (Å²) in [6.07, 6.45) is 0. The Hall–Kier alpha value is -2.79. The van der Waals surface area contributed by atoms with Crippen molar-refractivity contribution in [2.75, 3.05) is 45.2 Å². The zero-order valence-electron chi connectivity index (χ0n) is 19.4. The third kappa shape index (κ3) is 5.47. The number of amides is 1. The first-order valence-electron chi connectivity index (χ1n) is 11.0. The SMILES string of the molecule is COc1ccc(-c2csc(NC(=O)CN3CCN(S(=O)(=O)c4cc(C)ccc4C)CC3)n2)cc1. The Bertz CT molecular complexity index is 1260. The number of nitrogens with one attached hydrogen (secondary N) is 1. The molecule has 0 atom stereocenters. The van der Waals surface area contributed by atoms with Crippen LogP contribution in [-0.2, 0) is 14.8 Å². The summed E-state index contributed by atoms with van der Waals surface area (Å²) in [7, 11) is -1.93. The van der Waals surface area contributed by atoms with E-state index < -0.39 is 10.0 Å². The molecule has 0 unspecified atom stereocenters. The highest BCUT2D eigenvalue weighted by Gasteiger charge is 2.30. The van der Waals surface area contributed by atoms with E-state index in [1.807, 2.05) is 60.5 Å². The average molecular weight is 501 g/mol. The van der Waals surface area contributed by atoms with Gasteiger partial charge in [-0.1, -0.05) is 12.1 Å². The van der Waals surface area contributed by atoms with E-state index in [4.69, 9.17) is 4.74 Å². The molecule has 2 aromatic carbocycles. The van der Waals surface area contributed by atoms with Crippen molar-refractivity contribution in [3.63, 3.8) is 0 Å². The highest BCUT2D eigenvalue weighted by atomic mass is 32.2. The molecule has 0 bridgehead atoms. The number of rotatable bonds is 7. The van der Waals surface area contributed by atoms with E-state index in [1.165, 1.54) is 15.6 Å². The van der Waals surface area contributed by atoms with Crippen LogP contribution in [0, 0.1) is 13.8 Å². The summed E-state index contributed by atoms with van der Waals surface area (Å²) in [5.74, 6) is 0.607. The number of carbonyl (C=O) groups is 1. The number of aromatic nitrogens is 1. The van der Waals surface area contributed by atoms with Crippen molar-refractivity contribution >= 4 is 32.4 Å². The van der Waals surface area contributed by atoms with Crippen molar-refractivity contribution in [2.24, 2.45) is 0 Å². The Morgan fingerprint density at radius 2 is 1.79 bits per heavy atom. The predicted molar refractivity (Wildman–Crippen MR) is 134 cm³/mol. The van der Waals surface area contributed by atoms with Crippen LogP contribution in [0.2, 0.25) is 0 Å². The maximum atomic E-state index is 13.1. The fourth-order valence-corrected chi connectivity index (χ4v) is 6.31. The molecule has 1 fully saturated rings. The van der Waals surface area contributed by atoms with Gasteiger partial charge in [-0.15, -0.1) is 11.3 Å². The van der Waals surface area contributed by atoms with Crippen LogP contribution < -0.4 is 10.1 Å². The molecule has 1 aliphatic heterocycles. The topological polar surface area (TPSA) is 91.8 Å². The minimum Gasteiger partial charge on any atom is -0.497 e. The van der Waals surface area contributed by atoms with Gasteiger partial charge in [0, 0.05) is 37.1 Å². The lowest BCUT2D eigenvalue weighted by atomic mass is 10.2. The summed E-state index contributed by atoms with van der Waals surface area (Å²) in [4.78, 5) is 19.4. The van der Waals surface area contributed by atoms with E-state index in [0.717, 1.165) is 28.1 Å². The Kier molecular flexibility index (Phi) is 7.32. The minimum atomic E-state index is -3.55. The van der Waals surface area contributed by atoms with Crippen molar-refractivity contribution < 1.29 is 17.9 Å². The van der Waals surface area contributed by atoms with E-state index in [9.17, 15) is 13.2 Å². The monoisotopic (exact) mass is 500 g/mol. The van der Waals surface area contributed by atoms with Gasteiger partial charge in [0.2, 0.25) is 15.9 Å². The number of aryl methyl sites for hydroxylation is 2. The Morgan fingerprint density at radius 1 is 1.09 bits per heavy atom. The van der Waals surface area contributed by atoms with Crippen molar-refractivity contribution in [1.29, 1.82) is 0 Å². The van der Waals surface area contributed by atoms with Gasteiger partial charge in [-0.05, 0) is 55.3 Å². The van der Waals surface area contributed by atoms with Gasteiger partial charge in [0.15, 0.2) is 5.13 Å². The first-order valence-corrected chi connectivity index (χ1v) is 13.3. The molecule has 3 aromatic rings. The molecule has 1 saturated heterocycles. The zero-order chi connectivity index (χ0) is 24.3. The fraction of sp³-hybridized carbons (Fsp3) is 0.333. The first-order chi connectivity index (χ1) is 16.3. The number of ether oxygens (including phenoxy) is 1. The molecule has 8 nitrogen and oxygen atoms in total. The molecule has 0 saturated carbocycles. The van der Waals surface area contributed by atoms with Crippen LogP contribution in [0.3, 0.4) is 0 Å². The molecule has 0 spiro atoms. The lowest BCUT2D eigenvalue weighted by Gasteiger charge is -2.33. The van der Waals surface area contributed by atoms with E-state index in [-0.39, 0.29) is 12.5 Å². The van der Waals surface area contributed by atoms with Crippen molar-refractivity contribution in [3.05, 3.63) is 59.0 Å². The summed E-state index contributed by atoms with van der Waals surface area (Å²) in [6.45, 7) is 5.57. The molecule has 4 rings (SSSR count). The van der Waals surface area contributed by atoms with Crippen molar-refractivity contribution in [1.82, 2.24) is 14.2 Å². The summed E-state index contributed by atoms with van der Waals surface area (Å²) in [5, 5.41) is 5.28. The Morgan fingerprint density at radius 3 is 2.47 bits per heavy atom. The van der Waals surface area contributed by atoms with Gasteiger partial charge in [0.05, 0.1) is 24.2 Å². The maximum Gasteiger partial charge on any atom is 0.243 e. The first kappa shape index (κ1) is 24.3. The van der Waals surface area contributed by atoms with Crippen LogP contribution in [0.25, 0.3) is 11.3 Å². The number of nitrogens with zero attached hydrogens (tertiary/aromatic N) is 3. The molecule has 1 N–H and O–H groups in total. The number of sulfonamides is 1. The quantitative estimate of drug-likeness (QED) is 0.535. The minimum absolute atomic E-state index is 0.165. The fourth-order valence-electron chi connectivity index (χ4n) is 3.84. The van der Waals surface area contributed by atoms with Crippen molar-refractivity contribution in [2.45, 2.75) is 18.7 Å². The zero-order valence-corrected chi connectivity index (χ0v) is 21.1. The second-order valence-electron chi connectivity index (χ2n) is 8.26. The second kappa shape index (κ2) is 10.2. The second-order valence-corrected chi connectivity index (χ2v) is 11.0. The highest BCUT2D eigenvalue weighted by Crippen LogP contribution is 2.27. The normalized spacial score (nSPS) is 15.3. The number of hydrogen-bond acceptors (Lipinski definition) is 7. The number of piperazine rings is 1. The van der Waals surface area contributed by atoms with E-state index >= 15 is 0 Å². The molecular weight excluding hydrogens is 472 g/mol. The van der Waals surface area contributed by atoms with Crippen molar-refractivity contribution in [3.8, 4) is 17.0 Å². The van der Waals surface area contributed by atoms with Crippen LogP contribution in [0.15, 0.2) is 52.7 Å². The van der Waals surface area contributed by atoms with E-state index in [0.29, 0.717) is 36.2 Å². The van der Waals surface area contributed by atoms with E-state index in [2.05, 4.69) is 10.3 Å². The van der Waals surface area contributed by atoms with Gasteiger partial charge in [-0.3, -0.25) is 9.69 Å². The molecule has 34 heavy (non-hydrogen) atoms. The number of anilines is 1. The summed E-state index contributed by atoms with van der Waals surface area (Å²) >= 11 is 1.37. The Labute approximate surface area is 204 Å². The van der Waals surface area contributed by atoms with Gasteiger partial charge in [0.25, 0.3) is 0 Å². The lowest BCUT2D eigenvalue weighted by molar-refractivity contribution is -0.117. The molecular formula is C24H28N4O4S2. The molecule has 180 valence electrons. The van der Waals surface area contributed by atoms with Gasteiger partial charge in [0.1, 0.15) is 5.75 Å². The standard InChI is InChI=1S/C24H28N4O4S2/c1-17-4-5-18(2)22(14-17)34(30,31)28-12-10-27(11-13-28)15-23(29)26-24-25-21(16-33-24)19-6-8-20(32-3)9-7-19/h4-9,14,16H,10-13,15H2,1-3H3,(H,25,26,29). The summed E-state index contributed by atoms with van der Waals surface area (Å²) in [6, 6.07) is 13.0. The molecule has 1 aromatic heterocycles. The maximum absolute atomic E-state index is 13.1. The third-order valence-corrected chi connectivity index (χ3v) is 8.59. The largest absolute Gasteiger partial charge is 0.497 e. The lowest BCUT2D eigenvalue weighted by Crippen LogP contribution is -2.50. The van der Waals surface area contributed by atoms with Crippen LogP contribution >= 0.6 is 11.3 Å². The number of benzene rings is 2. The number of carbonyl (C=O) groups excluding carboxylic acids is 1. The predicted octanol–water partition coefficient (Wildman–Crippen LogP) is 3.38. The van der Waals surface area contributed by atoms with Gasteiger partial charge >= 0.3 is 0 Å². The van der Waals surface area contributed by atoms with Gasteiger partial charge < -0.3 is 10.1 Å². The highest BCUT2D eigenvalue weighted by molar-refractivity contribution is 7.89. The molecule has 1 amide bonds. The van der Waals surface area contributed by atoms with Crippen LogP contribution in [-0.4, -0.2) is 68.3 Å². The molecule has 0 aliphatic carbocycles.